The predicted octanol–water partition coefficient (Wildman–Crippen LogP) is 5.64. The third-order valence-corrected chi connectivity index (χ3v) is 4.53. The topological polar surface area (TPSA) is 50.7 Å². The van der Waals surface area contributed by atoms with Crippen molar-refractivity contribution in [2.75, 3.05) is 0 Å². The average molecular weight is 413 g/mol. The van der Waals surface area contributed by atoms with E-state index in [1.54, 1.807) is 24.3 Å². The number of hydrogen-bond donors (Lipinski definition) is 1. The highest BCUT2D eigenvalue weighted by Crippen LogP contribution is 2.23. The van der Waals surface area contributed by atoms with Crippen molar-refractivity contribution >= 4 is 35.3 Å². The van der Waals surface area contributed by atoms with Gasteiger partial charge >= 0.3 is 0 Å². The molecule has 0 spiro atoms. The Morgan fingerprint density at radius 3 is 2.50 bits per heavy atom. The molecule has 0 unspecified atom stereocenters. The molecule has 0 aliphatic carbocycles. The van der Waals surface area contributed by atoms with Crippen LogP contribution in [0.15, 0.2) is 71.8 Å². The number of hydrazone groups is 1. The molecule has 0 radical (unpaired) electrons. The molecular weight excluding hydrogens is 395 g/mol. The maximum atomic E-state index is 12.3. The number of carbonyl (C=O) groups is 1. The van der Waals surface area contributed by atoms with Gasteiger partial charge in [-0.2, -0.15) is 5.10 Å². The van der Waals surface area contributed by atoms with Crippen molar-refractivity contribution in [3.8, 4) is 5.75 Å². The zero-order chi connectivity index (χ0) is 19.9. The average Bonchev–Trinajstić information content (AvgIpc) is 2.69. The molecule has 4 nitrogen and oxygen atoms in total. The Labute approximate surface area is 173 Å². The quantitative estimate of drug-likeness (QED) is 0.420. The van der Waals surface area contributed by atoms with Gasteiger partial charge in [0.2, 0.25) is 0 Å². The molecule has 3 rings (SSSR count). The van der Waals surface area contributed by atoms with E-state index >= 15 is 0 Å². The van der Waals surface area contributed by atoms with E-state index in [-0.39, 0.29) is 5.91 Å². The lowest BCUT2D eigenvalue weighted by atomic mass is 10.1. The number of carbonyl (C=O) groups excluding carboxylic acids is 1. The molecule has 28 heavy (non-hydrogen) atoms. The predicted molar refractivity (Wildman–Crippen MR) is 113 cm³/mol. The molecule has 0 aliphatic heterocycles. The molecule has 0 bridgehead atoms. The molecule has 0 heterocycles. The lowest BCUT2D eigenvalue weighted by Gasteiger charge is -2.10. The summed E-state index contributed by atoms with van der Waals surface area (Å²) in [6, 6.07) is 20.0. The van der Waals surface area contributed by atoms with Gasteiger partial charge in [-0.1, -0.05) is 53.5 Å². The summed E-state index contributed by atoms with van der Waals surface area (Å²) in [5, 5.41) is 5.27. The second-order valence-corrected chi connectivity index (χ2v) is 6.98. The van der Waals surface area contributed by atoms with E-state index in [0.29, 0.717) is 33.5 Å². The summed E-state index contributed by atoms with van der Waals surface area (Å²) < 4.78 is 5.87. The maximum absolute atomic E-state index is 12.3. The number of amides is 1. The Morgan fingerprint density at radius 2 is 1.75 bits per heavy atom. The van der Waals surface area contributed by atoms with Gasteiger partial charge in [-0.25, -0.2) is 5.43 Å². The number of halogens is 2. The summed E-state index contributed by atoms with van der Waals surface area (Å²) in [5.74, 6) is 0.327. The van der Waals surface area contributed by atoms with Crippen LogP contribution in [0.25, 0.3) is 0 Å². The van der Waals surface area contributed by atoms with Crippen molar-refractivity contribution in [1.29, 1.82) is 0 Å². The van der Waals surface area contributed by atoms with Gasteiger partial charge in [0.15, 0.2) is 0 Å². The van der Waals surface area contributed by atoms with Crippen LogP contribution in [0.1, 0.15) is 27.0 Å². The Kier molecular flexibility index (Phi) is 6.69. The van der Waals surface area contributed by atoms with E-state index in [1.165, 1.54) is 6.21 Å². The van der Waals surface area contributed by atoms with Gasteiger partial charge in [0.25, 0.3) is 5.91 Å². The van der Waals surface area contributed by atoms with Crippen LogP contribution >= 0.6 is 23.2 Å². The van der Waals surface area contributed by atoms with Crippen molar-refractivity contribution in [2.45, 2.75) is 13.5 Å². The smallest absolute Gasteiger partial charge is 0.271 e. The van der Waals surface area contributed by atoms with Gasteiger partial charge in [0.1, 0.15) is 12.4 Å². The Balaban J connectivity index is 1.69. The molecule has 0 saturated carbocycles. The molecule has 142 valence electrons. The van der Waals surface area contributed by atoms with Crippen molar-refractivity contribution in [3.63, 3.8) is 0 Å². The van der Waals surface area contributed by atoms with Crippen LogP contribution in [0.5, 0.6) is 5.75 Å². The second kappa shape index (κ2) is 9.40. The van der Waals surface area contributed by atoms with Gasteiger partial charge in [0.05, 0.1) is 6.21 Å². The maximum Gasteiger partial charge on any atom is 0.271 e. The number of ether oxygens (including phenoxy) is 1. The molecule has 0 atom stereocenters. The molecule has 6 heteroatoms. The molecule has 0 aromatic heterocycles. The minimum atomic E-state index is -0.278. The first kappa shape index (κ1) is 19.9. The van der Waals surface area contributed by atoms with Crippen LogP contribution in [0.3, 0.4) is 0 Å². The summed E-state index contributed by atoms with van der Waals surface area (Å²) >= 11 is 12.0. The first-order valence-corrected chi connectivity index (χ1v) is 9.34. The summed E-state index contributed by atoms with van der Waals surface area (Å²) in [6.07, 6.45) is 1.51. The van der Waals surface area contributed by atoms with Crippen LogP contribution in [-0.2, 0) is 6.61 Å². The molecule has 0 aliphatic rings. The van der Waals surface area contributed by atoms with Crippen LogP contribution in [-0.4, -0.2) is 12.1 Å². The Hall–Kier alpha value is -2.82. The second-order valence-electron chi connectivity index (χ2n) is 6.11. The molecule has 1 N–H and O–H groups in total. The monoisotopic (exact) mass is 412 g/mol. The lowest BCUT2D eigenvalue weighted by molar-refractivity contribution is 0.0954. The highest BCUT2D eigenvalue weighted by Gasteiger charge is 2.07. The Bertz CT molecular complexity index is 1000. The minimum Gasteiger partial charge on any atom is -0.488 e. The van der Waals surface area contributed by atoms with Crippen LogP contribution in [0.2, 0.25) is 10.0 Å². The largest absolute Gasteiger partial charge is 0.488 e. The molecule has 0 saturated heterocycles. The van der Waals surface area contributed by atoms with Gasteiger partial charge < -0.3 is 4.74 Å². The highest BCUT2D eigenvalue weighted by molar-refractivity contribution is 6.31. The first-order chi connectivity index (χ1) is 13.5. The van der Waals surface area contributed by atoms with E-state index in [9.17, 15) is 4.79 Å². The fourth-order valence-corrected chi connectivity index (χ4v) is 2.85. The first-order valence-electron chi connectivity index (χ1n) is 8.59. The van der Waals surface area contributed by atoms with Crippen molar-refractivity contribution < 1.29 is 9.53 Å². The van der Waals surface area contributed by atoms with E-state index in [0.717, 1.165) is 11.1 Å². The summed E-state index contributed by atoms with van der Waals surface area (Å²) in [7, 11) is 0. The highest BCUT2D eigenvalue weighted by atomic mass is 35.5. The number of benzene rings is 3. The standard InChI is InChI=1S/C22H18Cl2N2O2/c1-15-4-2-3-5-20(15)22(27)26-25-13-17-12-19(24)10-11-21(17)28-14-16-6-8-18(23)9-7-16/h2-13H,14H2,1H3,(H,26,27)/b25-13+. The number of hydrogen-bond acceptors (Lipinski definition) is 3. The number of nitrogens with one attached hydrogen (secondary N) is 1. The SMILES string of the molecule is Cc1ccccc1C(=O)N/N=C/c1cc(Cl)ccc1OCc1ccc(Cl)cc1. The normalized spacial score (nSPS) is 10.8. The van der Waals surface area contributed by atoms with E-state index in [1.807, 2.05) is 49.4 Å². The molecule has 0 fully saturated rings. The third kappa shape index (κ3) is 5.35. The summed E-state index contributed by atoms with van der Waals surface area (Å²) in [4.78, 5) is 12.3. The third-order valence-electron chi connectivity index (χ3n) is 4.04. The van der Waals surface area contributed by atoms with Crippen LogP contribution in [0, 0.1) is 6.92 Å². The van der Waals surface area contributed by atoms with E-state index < -0.39 is 0 Å². The molecule has 3 aromatic rings. The Morgan fingerprint density at radius 1 is 1.04 bits per heavy atom. The fraction of sp³-hybridized carbons (Fsp3) is 0.0909. The van der Waals surface area contributed by atoms with Gasteiger partial charge in [-0.3, -0.25) is 4.79 Å². The zero-order valence-electron chi connectivity index (χ0n) is 15.2. The van der Waals surface area contributed by atoms with Crippen LogP contribution < -0.4 is 10.2 Å². The molecule has 1 amide bonds. The zero-order valence-corrected chi connectivity index (χ0v) is 16.7. The minimum absolute atomic E-state index is 0.278. The molecule has 3 aromatic carbocycles. The summed E-state index contributed by atoms with van der Waals surface area (Å²) in [6.45, 7) is 2.24. The van der Waals surface area contributed by atoms with Crippen molar-refractivity contribution in [2.24, 2.45) is 5.10 Å². The number of rotatable bonds is 6. The van der Waals surface area contributed by atoms with Gasteiger partial charge in [0, 0.05) is 21.2 Å². The van der Waals surface area contributed by atoms with Crippen molar-refractivity contribution in [1.82, 2.24) is 5.43 Å². The lowest BCUT2D eigenvalue weighted by Crippen LogP contribution is -2.18. The number of nitrogens with zero attached hydrogens (tertiary/aromatic N) is 1. The van der Waals surface area contributed by atoms with E-state index in [2.05, 4.69) is 10.5 Å². The van der Waals surface area contributed by atoms with Gasteiger partial charge in [-0.15, -0.1) is 0 Å². The molecular formula is C22H18Cl2N2O2. The van der Waals surface area contributed by atoms with Crippen LogP contribution in [0.4, 0.5) is 0 Å². The summed E-state index contributed by atoms with van der Waals surface area (Å²) in [5.41, 5.74) is 5.63. The number of aryl methyl sites for hydroxylation is 1. The van der Waals surface area contributed by atoms with E-state index in [4.69, 9.17) is 27.9 Å². The fourth-order valence-electron chi connectivity index (χ4n) is 2.54. The van der Waals surface area contributed by atoms with Crippen molar-refractivity contribution in [3.05, 3.63) is 99.0 Å². The van der Waals surface area contributed by atoms with Gasteiger partial charge in [-0.05, 0) is 54.4 Å².